The normalized spacial score (nSPS) is 14.4. The van der Waals surface area contributed by atoms with E-state index in [-0.39, 0.29) is 89.4 Å². The minimum atomic E-state index is -3.71. The van der Waals surface area contributed by atoms with Crippen molar-refractivity contribution in [1.82, 2.24) is 21.3 Å². The van der Waals surface area contributed by atoms with E-state index < -0.39 is 51.7 Å². The first kappa shape index (κ1) is 102. The van der Waals surface area contributed by atoms with Gasteiger partial charge in [-0.05, 0) is 96.3 Å². The molecule has 7 unspecified atom stereocenters. The third-order valence-corrected chi connectivity index (χ3v) is 21.2. The third-order valence-electron chi connectivity index (χ3n) is 18.7. The number of rotatable bonds is 81. The number of allylic oxidation sites excluding steroid dienone is 4. The molecule has 0 aromatic heterocycles. The maximum absolute atomic E-state index is 13.6. The van der Waals surface area contributed by atoms with Crippen LogP contribution in [0.15, 0.2) is 24.3 Å². The van der Waals surface area contributed by atoms with E-state index >= 15 is 0 Å². The lowest BCUT2D eigenvalue weighted by Gasteiger charge is -2.25. The van der Waals surface area contributed by atoms with Gasteiger partial charge in [-0.1, -0.05) is 258 Å². The highest BCUT2D eigenvalue weighted by Crippen LogP contribution is 2.44. The highest BCUT2D eigenvalue weighted by atomic mass is 31.2. The Morgan fingerprint density at radius 3 is 1.09 bits per heavy atom. The maximum Gasteiger partial charge on any atom is 0.327 e. The molecule has 0 saturated heterocycles. The molecule has 0 radical (unpaired) electrons. The molecule has 3 amide bonds. The quantitative estimate of drug-likeness (QED) is 0.00946. The predicted octanol–water partition coefficient (Wildman–Crippen LogP) is 20.7. The molecule has 0 spiro atoms. The van der Waals surface area contributed by atoms with Crippen molar-refractivity contribution < 1.29 is 75.3 Å². The lowest BCUT2D eigenvalue weighted by atomic mass is 10.1. The van der Waals surface area contributed by atoms with Gasteiger partial charge in [0, 0.05) is 58.5 Å². The van der Waals surface area contributed by atoms with Gasteiger partial charge >= 0.3 is 27.1 Å². The summed E-state index contributed by atoms with van der Waals surface area (Å²) in [6, 6.07) is -1.20. The number of ether oxygens (including phenoxy) is 4. The Hall–Kier alpha value is -3.03. The van der Waals surface area contributed by atoms with Gasteiger partial charge in [-0.3, -0.25) is 38.4 Å². The smallest absolute Gasteiger partial charge is 0.327 e. The standard InChI is InChI=1S/C83H160N4O16P2/c1-9-15-21-27-31-35-39-45-51-57-78(88)86-74(70-96-65-61-76(55-49-43-25-19-13-5)102-82(92)59-53-47-41-37-33-29-23-17-11-3)72-100-104(7,94)98-67-63-84-80(90)69-81(91)85-64-68-99-105(8,95)101-73-75(87-79(89)58-52-46-40-36-32-28-22-16-10-2)71-97-66-62-77(56-50-44-26-20-14-6)103-83(93)60-54-48-42-38-34-30-24-18-12-4/h37-38,41-42,74-78,86,88H,9-36,39-40,43-73H2,1-8H3,(H,84,90)(H,85,91)(H,87,89)/b41-37-,42-38-. The molecule has 0 aliphatic carbocycles. The van der Waals surface area contributed by atoms with Gasteiger partial charge in [-0.25, -0.2) is 0 Å². The molecule has 0 fully saturated rings. The lowest BCUT2D eigenvalue weighted by Crippen LogP contribution is -2.44. The van der Waals surface area contributed by atoms with Crippen LogP contribution >= 0.6 is 15.2 Å². The molecule has 0 heterocycles. The Morgan fingerprint density at radius 1 is 0.352 bits per heavy atom. The van der Waals surface area contributed by atoms with Crippen molar-refractivity contribution in [2.75, 3.05) is 79.3 Å². The van der Waals surface area contributed by atoms with E-state index in [0.717, 1.165) is 148 Å². The highest BCUT2D eigenvalue weighted by Gasteiger charge is 2.25. The predicted molar refractivity (Wildman–Crippen MR) is 431 cm³/mol. The minimum Gasteiger partial charge on any atom is -0.462 e. The Morgan fingerprint density at radius 2 is 0.686 bits per heavy atom. The number of hydrogen-bond acceptors (Lipinski definition) is 17. The van der Waals surface area contributed by atoms with Crippen LogP contribution in [0.5, 0.6) is 0 Å². The lowest BCUT2D eigenvalue weighted by molar-refractivity contribution is -0.151. The van der Waals surface area contributed by atoms with Gasteiger partial charge in [-0.15, -0.1) is 0 Å². The van der Waals surface area contributed by atoms with Crippen LogP contribution in [0.4, 0.5) is 0 Å². The average Bonchev–Trinajstić information content (AvgIpc) is 0.924. The fourth-order valence-electron chi connectivity index (χ4n) is 12.2. The van der Waals surface area contributed by atoms with Crippen molar-refractivity contribution in [3.63, 3.8) is 0 Å². The van der Waals surface area contributed by atoms with Gasteiger partial charge in [-0.2, -0.15) is 0 Å². The molecule has 5 N–H and O–H groups in total. The molecule has 0 aliphatic heterocycles. The Bertz CT molecular complexity index is 2200. The van der Waals surface area contributed by atoms with Crippen molar-refractivity contribution in [1.29, 1.82) is 0 Å². The van der Waals surface area contributed by atoms with Gasteiger partial charge in [0.2, 0.25) is 17.7 Å². The van der Waals surface area contributed by atoms with E-state index in [1.165, 1.54) is 148 Å². The zero-order valence-corrected chi connectivity index (χ0v) is 70.1. The number of amides is 3. The number of aliphatic hydroxyl groups excluding tert-OH is 1. The van der Waals surface area contributed by atoms with Gasteiger partial charge in [0.1, 0.15) is 24.9 Å². The second-order valence-corrected chi connectivity index (χ2v) is 33.4. The van der Waals surface area contributed by atoms with Gasteiger partial charge in [0.05, 0.1) is 64.9 Å². The number of unbranched alkanes of at least 4 members (excludes halogenated alkanes) is 34. The first-order valence-corrected chi connectivity index (χ1v) is 46.7. The summed E-state index contributed by atoms with van der Waals surface area (Å²) in [5, 5.41) is 22.6. The topological polar surface area (TPSA) is 262 Å². The fraction of sp³-hybridized carbons (Fsp3) is 0.892. The number of carbonyl (C=O) groups is 5. The number of nitrogens with one attached hydrogen (secondary N) is 4. The average molecular weight is 1530 g/mol. The first-order chi connectivity index (χ1) is 50.9. The first-order valence-electron chi connectivity index (χ1n) is 42.8. The van der Waals surface area contributed by atoms with Gasteiger partial charge in [0.25, 0.3) is 0 Å². The highest BCUT2D eigenvalue weighted by molar-refractivity contribution is 7.53. The van der Waals surface area contributed by atoms with E-state index in [4.69, 9.17) is 37.0 Å². The Balaban J connectivity index is 5.49. The minimum absolute atomic E-state index is 0.0612. The van der Waals surface area contributed by atoms with Gasteiger partial charge in [0.15, 0.2) is 0 Å². The van der Waals surface area contributed by atoms with Crippen LogP contribution in [0.2, 0.25) is 0 Å². The molecule has 7 atom stereocenters. The summed E-state index contributed by atoms with van der Waals surface area (Å²) in [6.45, 7) is 15.9. The summed E-state index contributed by atoms with van der Waals surface area (Å²) in [5.74, 6) is -1.75. The molecule has 0 aliphatic rings. The summed E-state index contributed by atoms with van der Waals surface area (Å²) < 4.78 is 74.4. The number of esters is 2. The Labute approximate surface area is 641 Å². The van der Waals surface area contributed by atoms with E-state index in [2.05, 4.69) is 87.1 Å². The van der Waals surface area contributed by atoms with Crippen molar-refractivity contribution in [3.05, 3.63) is 24.3 Å². The van der Waals surface area contributed by atoms with E-state index in [0.29, 0.717) is 45.1 Å². The maximum atomic E-state index is 13.6. The van der Waals surface area contributed by atoms with E-state index in [9.17, 15) is 38.2 Å². The molecule has 0 bridgehead atoms. The molecule has 0 aromatic rings. The van der Waals surface area contributed by atoms with Crippen molar-refractivity contribution >= 4 is 44.9 Å². The fourth-order valence-corrected chi connectivity index (χ4v) is 14.1. The number of carbonyl (C=O) groups excluding carboxylic acids is 5. The second kappa shape index (κ2) is 75.0. The second-order valence-electron chi connectivity index (χ2n) is 29.3. The van der Waals surface area contributed by atoms with Crippen molar-refractivity contribution in [2.24, 2.45) is 0 Å². The summed E-state index contributed by atoms with van der Waals surface area (Å²) in [4.78, 5) is 65.0. The summed E-state index contributed by atoms with van der Waals surface area (Å²) in [6.07, 6.45) is 57.6. The summed E-state index contributed by atoms with van der Waals surface area (Å²) in [5.41, 5.74) is 0. The SMILES string of the molecule is CCCCCC/C=C\CCCC(=O)OC(CCCCCCC)CCOCC(COP(C)(=O)OCCNC(=O)CC(=O)NCCOP(C)(=O)OCC(COCCC(CCCCCCC)OC(=O)CCC/C=C\CCCCCC)NC(O)CCCCCCCCCCC)NC(=O)CCCCCCCCCCC. The zero-order chi connectivity index (χ0) is 77.2. The van der Waals surface area contributed by atoms with E-state index in [1.54, 1.807) is 0 Å². The number of aliphatic hydroxyl groups is 1. The Kier molecular flexibility index (Phi) is 72.9. The van der Waals surface area contributed by atoms with Crippen LogP contribution in [0.1, 0.15) is 369 Å². The molecule has 20 nitrogen and oxygen atoms in total. The van der Waals surface area contributed by atoms with Crippen molar-refractivity contribution in [2.45, 2.75) is 400 Å². The van der Waals surface area contributed by atoms with Crippen LogP contribution < -0.4 is 21.3 Å². The van der Waals surface area contributed by atoms with Crippen LogP contribution in [0.3, 0.4) is 0 Å². The molecule has 0 aromatic carbocycles. The molecule has 0 saturated carbocycles. The number of hydrogen-bond donors (Lipinski definition) is 5. The van der Waals surface area contributed by atoms with Gasteiger partial charge < -0.3 is 58.1 Å². The molecule has 0 rings (SSSR count). The van der Waals surface area contributed by atoms with Crippen LogP contribution in [-0.4, -0.2) is 145 Å². The molecular weight excluding hydrogens is 1370 g/mol. The van der Waals surface area contributed by atoms with Crippen LogP contribution in [0, 0.1) is 0 Å². The zero-order valence-electron chi connectivity index (χ0n) is 68.3. The molecule has 105 heavy (non-hydrogen) atoms. The molecule has 618 valence electrons. The largest absolute Gasteiger partial charge is 0.462 e. The van der Waals surface area contributed by atoms with Crippen LogP contribution in [-0.2, 0) is 70.1 Å². The third kappa shape index (κ3) is 72.3. The van der Waals surface area contributed by atoms with Crippen LogP contribution in [0.25, 0.3) is 0 Å². The summed E-state index contributed by atoms with van der Waals surface area (Å²) >= 11 is 0. The summed E-state index contributed by atoms with van der Waals surface area (Å²) in [7, 11) is -7.39. The monoisotopic (exact) mass is 1530 g/mol. The molecule has 22 heteroatoms. The van der Waals surface area contributed by atoms with Crippen molar-refractivity contribution in [3.8, 4) is 0 Å². The van der Waals surface area contributed by atoms with E-state index in [1.807, 2.05) is 0 Å². The molecular formula is C83H160N4O16P2.